The number of anilines is 2. The zero-order chi connectivity index (χ0) is 16.1. The first-order chi connectivity index (χ1) is 11.3. The Morgan fingerprint density at radius 3 is 2.52 bits per heavy atom. The number of rotatable bonds is 3. The molecule has 1 aliphatic rings. The molecule has 1 N–H and O–H groups in total. The summed E-state index contributed by atoms with van der Waals surface area (Å²) in [4.78, 5) is 19.5. The fourth-order valence-corrected chi connectivity index (χ4v) is 3.01. The normalized spacial score (nSPS) is 15.1. The van der Waals surface area contributed by atoms with Gasteiger partial charge in [0.1, 0.15) is 5.82 Å². The summed E-state index contributed by atoms with van der Waals surface area (Å²) in [5, 5.41) is 3.02. The molecule has 0 bridgehead atoms. The summed E-state index contributed by atoms with van der Waals surface area (Å²) in [5.74, 6) is 0.715. The summed E-state index contributed by atoms with van der Waals surface area (Å²) in [6, 6.07) is 11.5. The van der Waals surface area contributed by atoms with Crippen LogP contribution in [0.15, 0.2) is 42.6 Å². The number of hydrogen-bond donors (Lipinski definition) is 1. The van der Waals surface area contributed by atoms with E-state index in [-0.39, 0.29) is 5.91 Å². The molecular formula is C19H23N3O. The molecule has 0 spiro atoms. The van der Waals surface area contributed by atoms with Gasteiger partial charge in [-0.1, -0.05) is 31.0 Å². The zero-order valence-electron chi connectivity index (χ0n) is 13.6. The zero-order valence-corrected chi connectivity index (χ0v) is 13.6. The maximum absolute atomic E-state index is 12.7. The molecule has 0 saturated carbocycles. The van der Waals surface area contributed by atoms with E-state index in [1.54, 1.807) is 6.20 Å². The van der Waals surface area contributed by atoms with E-state index < -0.39 is 0 Å². The topological polar surface area (TPSA) is 45.2 Å². The summed E-state index contributed by atoms with van der Waals surface area (Å²) in [6.45, 7) is 3.94. The lowest BCUT2D eigenvalue weighted by molar-refractivity contribution is 0.102. The average Bonchev–Trinajstić information content (AvgIpc) is 2.86. The van der Waals surface area contributed by atoms with Gasteiger partial charge in [0.15, 0.2) is 0 Å². The van der Waals surface area contributed by atoms with Crippen LogP contribution in [0, 0.1) is 6.92 Å². The molecule has 1 aromatic heterocycles. The maximum Gasteiger partial charge on any atom is 0.259 e. The Kier molecular flexibility index (Phi) is 4.91. The third-order valence-electron chi connectivity index (χ3n) is 4.33. The molecule has 0 radical (unpaired) electrons. The molecule has 1 aromatic carbocycles. The molecule has 3 rings (SSSR count). The van der Waals surface area contributed by atoms with E-state index in [4.69, 9.17) is 0 Å². The van der Waals surface area contributed by atoms with E-state index in [2.05, 4.69) is 15.2 Å². The summed E-state index contributed by atoms with van der Waals surface area (Å²) >= 11 is 0. The Balaban J connectivity index is 1.84. The first-order valence-electron chi connectivity index (χ1n) is 8.32. The molecule has 120 valence electrons. The largest absolute Gasteiger partial charge is 0.356 e. The van der Waals surface area contributed by atoms with Crippen LogP contribution in [0.3, 0.4) is 0 Å². The lowest BCUT2D eigenvalue weighted by atomic mass is 10.1. The highest BCUT2D eigenvalue weighted by Crippen LogP contribution is 2.23. The SMILES string of the molecule is Cc1ccccc1NC(=O)c1cccnc1N1CCCCCC1. The third-order valence-corrected chi connectivity index (χ3v) is 4.33. The molecule has 2 aromatic rings. The number of para-hydroxylation sites is 1. The van der Waals surface area contributed by atoms with Crippen molar-refractivity contribution >= 4 is 17.4 Å². The highest BCUT2D eigenvalue weighted by Gasteiger charge is 2.19. The van der Waals surface area contributed by atoms with Crippen LogP contribution in [0.25, 0.3) is 0 Å². The number of pyridine rings is 1. The van der Waals surface area contributed by atoms with Crippen molar-refractivity contribution in [3.05, 3.63) is 53.7 Å². The number of aromatic nitrogens is 1. The first-order valence-corrected chi connectivity index (χ1v) is 8.32. The molecule has 23 heavy (non-hydrogen) atoms. The molecule has 0 unspecified atom stereocenters. The fourth-order valence-electron chi connectivity index (χ4n) is 3.01. The van der Waals surface area contributed by atoms with Gasteiger partial charge in [0.05, 0.1) is 5.56 Å². The van der Waals surface area contributed by atoms with E-state index in [1.165, 1.54) is 12.8 Å². The summed E-state index contributed by atoms with van der Waals surface area (Å²) in [6.07, 6.45) is 6.61. The Morgan fingerprint density at radius 2 is 1.78 bits per heavy atom. The molecule has 0 aliphatic carbocycles. The van der Waals surface area contributed by atoms with Gasteiger partial charge in [0, 0.05) is 25.0 Å². The number of nitrogens with zero attached hydrogens (tertiary/aromatic N) is 2. The van der Waals surface area contributed by atoms with Crippen molar-refractivity contribution < 1.29 is 4.79 Å². The molecule has 4 heteroatoms. The first kappa shape index (κ1) is 15.5. The van der Waals surface area contributed by atoms with Crippen LogP contribution in [0.4, 0.5) is 11.5 Å². The number of nitrogens with one attached hydrogen (secondary N) is 1. The maximum atomic E-state index is 12.7. The van der Waals surface area contributed by atoms with Crippen LogP contribution in [0.2, 0.25) is 0 Å². The monoisotopic (exact) mass is 309 g/mol. The Bertz CT molecular complexity index is 676. The van der Waals surface area contributed by atoms with Gasteiger partial charge in [-0.3, -0.25) is 4.79 Å². The minimum absolute atomic E-state index is 0.0911. The summed E-state index contributed by atoms with van der Waals surface area (Å²) < 4.78 is 0. The minimum Gasteiger partial charge on any atom is -0.356 e. The number of amides is 1. The minimum atomic E-state index is -0.0911. The van der Waals surface area contributed by atoms with Crippen LogP contribution in [-0.4, -0.2) is 24.0 Å². The van der Waals surface area contributed by atoms with Crippen molar-refractivity contribution in [1.82, 2.24) is 4.98 Å². The van der Waals surface area contributed by atoms with E-state index in [1.807, 2.05) is 43.3 Å². The van der Waals surface area contributed by atoms with Crippen molar-refractivity contribution in [3.63, 3.8) is 0 Å². The second kappa shape index (κ2) is 7.27. The lowest BCUT2D eigenvalue weighted by Crippen LogP contribution is -2.28. The number of hydrogen-bond acceptors (Lipinski definition) is 3. The third kappa shape index (κ3) is 3.70. The van der Waals surface area contributed by atoms with Gasteiger partial charge in [-0.2, -0.15) is 0 Å². The van der Waals surface area contributed by atoms with Crippen molar-refractivity contribution in [2.75, 3.05) is 23.3 Å². The molecule has 1 amide bonds. The van der Waals surface area contributed by atoms with Gasteiger partial charge in [0.2, 0.25) is 0 Å². The van der Waals surface area contributed by atoms with Crippen LogP contribution in [0.1, 0.15) is 41.6 Å². The van der Waals surface area contributed by atoms with Crippen LogP contribution in [-0.2, 0) is 0 Å². The van der Waals surface area contributed by atoms with E-state index >= 15 is 0 Å². The fraction of sp³-hybridized carbons (Fsp3) is 0.368. The van der Waals surface area contributed by atoms with Crippen molar-refractivity contribution in [2.45, 2.75) is 32.6 Å². The highest BCUT2D eigenvalue weighted by atomic mass is 16.1. The van der Waals surface area contributed by atoms with Gasteiger partial charge in [-0.05, 0) is 43.5 Å². The molecular weight excluding hydrogens is 286 g/mol. The molecule has 1 saturated heterocycles. The molecule has 4 nitrogen and oxygen atoms in total. The van der Waals surface area contributed by atoms with Gasteiger partial charge in [0.25, 0.3) is 5.91 Å². The van der Waals surface area contributed by atoms with Gasteiger partial charge in [-0.15, -0.1) is 0 Å². The van der Waals surface area contributed by atoms with Crippen molar-refractivity contribution in [3.8, 4) is 0 Å². The number of benzene rings is 1. The quantitative estimate of drug-likeness (QED) is 0.931. The summed E-state index contributed by atoms with van der Waals surface area (Å²) in [7, 11) is 0. The molecule has 1 aliphatic heterocycles. The number of aryl methyl sites for hydroxylation is 1. The van der Waals surface area contributed by atoms with Gasteiger partial charge in [-0.25, -0.2) is 4.98 Å². The van der Waals surface area contributed by atoms with Crippen LogP contribution < -0.4 is 10.2 Å². The predicted octanol–water partition coefficient (Wildman–Crippen LogP) is 4.02. The highest BCUT2D eigenvalue weighted by molar-refractivity contribution is 6.07. The second-order valence-electron chi connectivity index (χ2n) is 6.04. The smallest absolute Gasteiger partial charge is 0.259 e. The van der Waals surface area contributed by atoms with Gasteiger partial charge >= 0.3 is 0 Å². The number of carbonyl (C=O) groups excluding carboxylic acids is 1. The molecule has 0 atom stereocenters. The Labute approximate surface area is 137 Å². The van der Waals surface area contributed by atoms with E-state index in [0.717, 1.165) is 43.0 Å². The standard InChI is InChI=1S/C19H23N3O/c1-15-9-4-5-11-17(15)21-19(23)16-10-8-12-20-18(16)22-13-6-2-3-7-14-22/h4-5,8-12H,2-3,6-7,13-14H2,1H3,(H,21,23). The second-order valence-corrected chi connectivity index (χ2v) is 6.04. The average molecular weight is 309 g/mol. The molecule has 1 fully saturated rings. The van der Waals surface area contributed by atoms with E-state index in [0.29, 0.717) is 5.56 Å². The summed E-state index contributed by atoms with van der Waals surface area (Å²) in [5.41, 5.74) is 2.56. The lowest BCUT2D eigenvalue weighted by Gasteiger charge is -2.23. The number of carbonyl (C=O) groups is 1. The van der Waals surface area contributed by atoms with Crippen LogP contribution >= 0.6 is 0 Å². The Hall–Kier alpha value is -2.36. The van der Waals surface area contributed by atoms with Crippen molar-refractivity contribution in [1.29, 1.82) is 0 Å². The predicted molar refractivity (Wildman–Crippen MR) is 94.1 cm³/mol. The van der Waals surface area contributed by atoms with E-state index in [9.17, 15) is 4.79 Å². The Morgan fingerprint density at radius 1 is 1.04 bits per heavy atom. The van der Waals surface area contributed by atoms with Gasteiger partial charge < -0.3 is 10.2 Å². The van der Waals surface area contributed by atoms with Crippen molar-refractivity contribution in [2.24, 2.45) is 0 Å². The molecule has 2 heterocycles. The van der Waals surface area contributed by atoms with Crippen LogP contribution in [0.5, 0.6) is 0 Å².